The summed E-state index contributed by atoms with van der Waals surface area (Å²) in [5, 5.41) is 0.884. The van der Waals surface area contributed by atoms with Gasteiger partial charge in [0, 0.05) is 0 Å². The quantitative estimate of drug-likeness (QED) is 0.653. The number of ether oxygens (including phenoxy) is 1. The van der Waals surface area contributed by atoms with E-state index in [1.54, 1.807) is 6.07 Å². The van der Waals surface area contributed by atoms with E-state index in [0.717, 1.165) is 18.2 Å². The first-order valence-electron chi connectivity index (χ1n) is 5.81. The van der Waals surface area contributed by atoms with Gasteiger partial charge in [-0.1, -0.05) is 12.1 Å². The molecule has 3 heteroatoms. The molecule has 3 rings (SSSR count). The van der Waals surface area contributed by atoms with Gasteiger partial charge in [0.2, 0.25) is 0 Å². The minimum absolute atomic E-state index is 0.219. The molecule has 0 bridgehead atoms. The van der Waals surface area contributed by atoms with Crippen LogP contribution in [0.15, 0.2) is 33.5 Å². The zero-order valence-electron chi connectivity index (χ0n) is 9.95. The van der Waals surface area contributed by atoms with Crippen LogP contribution in [0.3, 0.4) is 0 Å². The molecule has 0 fully saturated rings. The van der Waals surface area contributed by atoms with Crippen LogP contribution in [0.2, 0.25) is 0 Å². The number of fused-ring (bicyclic) bond motifs is 3. The van der Waals surface area contributed by atoms with Crippen molar-refractivity contribution in [3.8, 4) is 5.75 Å². The van der Waals surface area contributed by atoms with Gasteiger partial charge in [-0.25, -0.2) is 4.79 Å². The first-order valence-corrected chi connectivity index (χ1v) is 5.81. The van der Waals surface area contributed by atoms with Crippen molar-refractivity contribution in [2.75, 3.05) is 0 Å². The van der Waals surface area contributed by atoms with Gasteiger partial charge in [0.05, 0.1) is 10.9 Å². The molecule has 0 aliphatic carbocycles. The highest BCUT2D eigenvalue weighted by Gasteiger charge is 2.30. The van der Waals surface area contributed by atoms with Gasteiger partial charge in [0.15, 0.2) is 0 Å². The van der Waals surface area contributed by atoms with Crippen LogP contribution in [0.25, 0.3) is 11.0 Å². The van der Waals surface area contributed by atoms with E-state index >= 15 is 0 Å². The van der Waals surface area contributed by atoms with Crippen LogP contribution < -0.4 is 10.4 Å². The third-order valence-electron chi connectivity index (χ3n) is 3.21. The second-order valence-electron chi connectivity index (χ2n) is 5.06. The zero-order chi connectivity index (χ0) is 12.0. The molecule has 0 saturated carbocycles. The maximum Gasteiger partial charge on any atom is 0.343 e. The molecule has 0 spiro atoms. The molecule has 1 aromatic carbocycles. The van der Waals surface area contributed by atoms with Gasteiger partial charge in [-0.05, 0) is 38.8 Å². The molecule has 17 heavy (non-hydrogen) atoms. The lowest BCUT2D eigenvalue weighted by Gasteiger charge is -2.32. The van der Waals surface area contributed by atoms with E-state index in [-0.39, 0.29) is 11.2 Å². The van der Waals surface area contributed by atoms with E-state index in [2.05, 4.69) is 0 Å². The number of para-hydroxylation sites is 1. The van der Waals surface area contributed by atoms with Crippen molar-refractivity contribution in [2.24, 2.45) is 0 Å². The standard InChI is InChI=1S/C14H14O3/c1-14(2)8-7-10-12(17-14)9-5-3-4-6-11(9)16-13(10)15/h3-6H,7-8H2,1-2H3. The summed E-state index contributed by atoms with van der Waals surface area (Å²) in [4.78, 5) is 11.8. The predicted molar refractivity (Wildman–Crippen MR) is 65.5 cm³/mol. The topological polar surface area (TPSA) is 39.4 Å². The van der Waals surface area contributed by atoms with Crippen molar-refractivity contribution in [1.82, 2.24) is 0 Å². The lowest BCUT2D eigenvalue weighted by Crippen LogP contribution is -2.34. The highest BCUT2D eigenvalue weighted by Crippen LogP contribution is 2.36. The predicted octanol–water partition coefficient (Wildman–Crippen LogP) is 2.90. The molecule has 1 aliphatic heterocycles. The van der Waals surface area contributed by atoms with Crippen molar-refractivity contribution in [2.45, 2.75) is 32.3 Å². The molecule has 0 amide bonds. The number of rotatable bonds is 0. The van der Waals surface area contributed by atoms with Gasteiger partial charge in [-0.2, -0.15) is 0 Å². The first-order chi connectivity index (χ1) is 8.07. The van der Waals surface area contributed by atoms with E-state index in [9.17, 15) is 4.79 Å². The summed E-state index contributed by atoms with van der Waals surface area (Å²) in [6, 6.07) is 7.50. The lowest BCUT2D eigenvalue weighted by atomic mass is 9.94. The molecule has 0 atom stereocenters. The molecular weight excluding hydrogens is 216 g/mol. The van der Waals surface area contributed by atoms with E-state index in [0.29, 0.717) is 16.9 Å². The maximum atomic E-state index is 11.8. The lowest BCUT2D eigenvalue weighted by molar-refractivity contribution is 0.0851. The second-order valence-corrected chi connectivity index (χ2v) is 5.06. The van der Waals surface area contributed by atoms with Gasteiger partial charge in [-0.15, -0.1) is 0 Å². The van der Waals surface area contributed by atoms with Crippen LogP contribution >= 0.6 is 0 Å². The van der Waals surface area contributed by atoms with Crippen LogP contribution in [0.1, 0.15) is 25.8 Å². The molecule has 1 aliphatic rings. The third kappa shape index (κ3) is 1.62. The Labute approximate surface area is 99.0 Å². The van der Waals surface area contributed by atoms with Crippen LogP contribution in [-0.2, 0) is 6.42 Å². The third-order valence-corrected chi connectivity index (χ3v) is 3.21. The molecule has 2 heterocycles. The van der Waals surface area contributed by atoms with E-state index in [1.165, 1.54) is 0 Å². The molecule has 0 saturated heterocycles. The molecule has 0 N–H and O–H groups in total. The smallest absolute Gasteiger partial charge is 0.343 e. The van der Waals surface area contributed by atoms with Gasteiger partial charge in [0.25, 0.3) is 0 Å². The maximum absolute atomic E-state index is 11.8. The van der Waals surface area contributed by atoms with Crippen molar-refractivity contribution in [1.29, 1.82) is 0 Å². The van der Waals surface area contributed by atoms with Crippen molar-refractivity contribution in [3.05, 3.63) is 40.2 Å². The summed E-state index contributed by atoms with van der Waals surface area (Å²) in [7, 11) is 0. The molecule has 1 aromatic heterocycles. The van der Waals surface area contributed by atoms with E-state index in [4.69, 9.17) is 9.15 Å². The number of hydrogen-bond donors (Lipinski definition) is 0. The Balaban J connectivity index is 2.35. The summed E-state index contributed by atoms with van der Waals surface area (Å²) in [6.45, 7) is 4.08. The summed E-state index contributed by atoms with van der Waals surface area (Å²) in [5.41, 5.74) is 0.773. The minimum atomic E-state index is -0.269. The molecule has 0 radical (unpaired) electrons. The van der Waals surface area contributed by atoms with Gasteiger partial charge in [-0.3, -0.25) is 0 Å². The molecule has 3 nitrogen and oxygen atoms in total. The zero-order valence-corrected chi connectivity index (χ0v) is 9.95. The van der Waals surface area contributed by atoms with Gasteiger partial charge in [0.1, 0.15) is 16.9 Å². The van der Waals surface area contributed by atoms with E-state index in [1.807, 2.05) is 32.0 Å². The Morgan fingerprint density at radius 2 is 2.00 bits per heavy atom. The Bertz CT molecular complexity index is 637. The van der Waals surface area contributed by atoms with Crippen molar-refractivity contribution in [3.63, 3.8) is 0 Å². The first kappa shape index (κ1) is 10.4. The van der Waals surface area contributed by atoms with Crippen LogP contribution in [0.4, 0.5) is 0 Å². The highest BCUT2D eigenvalue weighted by atomic mass is 16.5. The summed E-state index contributed by atoms with van der Waals surface area (Å²) in [5.74, 6) is 0.702. The van der Waals surface area contributed by atoms with Crippen LogP contribution in [-0.4, -0.2) is 5.60 Å². The second kappa shape index (κ2) is 3.36. The fourth-order valence-electron chi connectivity index (χ4n) is 2.25. The summed E-state index contributed by atoms with van der Waals surface area (Å²) < 4.78 is 11.2. The molecule has 2 aromatic rings. The van der Waals surface area contributed by atoms with Crippen molar-refractivity contribution >= 4 is 11.0 Å². The van der Waals surface area contributed by atoms with Crippen LogP contribution in [0, 0.1) is 0 Å². The number of hydrogen-bond acceptors (Lipinski definition) is 3. The highest BCUT2D eigenvalue weighted by molar-refractivity contribution is 5.84. The normalized spacial score (nSPS) is 17.5. The van der Waals surface area contributed by atoms with Gasteiger partial charge < -0.3 is 9.15 Å². The largest absolute Gasteiger partial charge is 0.487 e. The fraction of sp³-hybridized carbons (Fsp3) is 0.357. The Hall–Kier alpha value is -1.77. The van der Waals surface area contributed by atoms with Crippen molar-refractivity contribution < 1.29 is 9.15 Å². The fourth-order valence-corrected chi connectivity index (χ4v) is 2.25. The average molecular weight is 230 g/mol. The SMILES string of the molecule is CC1(C)CCc2c(c3ccccc3oc2=O)O1. The van der Waals surface area contributed by atoms with Crippen LogP contribution in [0.5, 0.6) is 5.75 Å². The minimum Gasteiger partial charge on any atom is -0.487 e. The molecular formula is C14H14O3. The van der Waals surface area contributed by atoms with E-state index < -0.39 is 0 Å². The van der Waals surface area contributed by atoms with Gasteiger partial charge >= 0.3 is 5.63 Å². The Kier molecular flexibility index (Phi) is 2.05. The molecule has 88 valence electrons. The number of benzene rings is 1. The Morgan fingerprint density at radius 3 is 2.82 bits per heavy atom. The summed E-state index contributed by atoms with van der Waals surface area (Å²) in [6.07, 6.45) is 1.55. The molecule has 0 unspecified atom stereocenters. The monoisotopic (exact) mass is 230 g/mol. The summed E-state index contributed by atoms with van der Waals surface area (Å²) >= 11 is 0. The Morgan fingerprint density at radius 1 is 1.24 bits per heavy atom. The average Bonchev–Trinajstić information content (AvgIpc) is 2.28.